The molecule has 2 heterocycles. The molecule has 0 spiro atoms. The summed E-state index contributed by atoms with van der Waals surface area (Å²) in [5.41, 5.74) is 0.380. The molecule has 2 saturated heterocycles. The summed E-state index contributed by atoms with van der Waals surface area (Å²) >= 11 is 0. The van der Waals surface area contributed by atoms with E-state index in [0.29, 0.717) is 37.9 Å². The third-order valence-corrected chi connectivity index (χ3v) is 4.17. The van der Waals surface area contributed by atoms with Crippen molar-refractivity contribution in [3.8, 4) is 0 Å². The lowest BCUT2D eigenvalue weighted by Crippen LogP contribution is -2.43. The number of hydrogen-bond acceptors (Lipinski definition) is 5. The number of urea groups is 1. The Kier molecular flexibility index (Phi) is 4.73. The number of amides is 2. The zero-order valence-corrected chi connectivity index (χ0v) is 12.6. The summed E-state index contributed by atoms with van der Waals surface area (Å²) in [6.45, 7) is 2.51. The molecule has 2 fully saturated rings. The summed E-state index contributed by atoms with van der Waals surface area (Å²) in [6, 6.07) is 5.69. The molecule has 2 amide bonds. The third kappa shape index (κ3) is 3.77. The third-order valence-electron chi connectivity index (χ3n) is 4.17. The first kappa shape index (κ1) is 15.7. The lowest BCUT2D eigenvalue weighted by atomic mass is 9.96. The lowest BCUT2D eigenvalue weighted by Gasteiger charge is -2.33. The molecule has 0 bridgehead atoms. The van der Waals surface area contributed by atoms with E-state index in [1.807, 2.05) is 0 Å². The highest BCUT2D eigenvalue weighted by atomic mass is 16.7. The van der Waals surface area contributed by atoms with Gasteiger partial charge in [-0.2, -0.15) is 0 Å². The topological polar surface area (TPSA) is 93.9 Å². The van der Waals surface area contributed by atoms with Gasteiger partial charge in [-0.15, -0.1) is 0 Å². The Morgan fingerprint density at radius 3 is 2.61 bits per heavy atom. The van der Waals surface area contributed by atoms with Crippen LogP contribution in [0, 0.1) is 16.0 Å². The Morgan fingerprint density at radius 1 is 1.26 bits per heavy atom. The SMILES string of the molecule is O=C(Nc1cccc([N+](=O)[O-])c1)N1CCC(C2OCCO2)CC1. The minimum Gasteiger partial charge on any atom is -0.350 e. The van der Waals surface area contributed by atoms with Gasteiger partial charge in [0.25, 0.3) is 5.69 Å². The molecular weight excluding hydrogens is 302 g/mol. The van der Waals surface area contributed by atoms with Crippen molar-refractivity contribution in [2.24, 2.45) is 5.92 Å². The number of non-ortho nitro benzene ring substituents is 1. The summed E-state index contributed by atoms with van der Waals surface area (Å²) in [5.74, 6) is 0.319. The van der Waals surface area contributed by atoms with E-state index in [0.717, 1.165) is 12.8 Å². The molecule has 0 aliphatic carbocycles. The molecule has 0 saturated carbocycles. The van der Waals surface area contributed by atoms with Gasteiger partial charge in [0.05, 0.1) is 18.1 Å². The zero-order chi connectivity index (χ0) is 16.2. The molecule has 0 radical (unpaired) electrons. The fourth-order valence-corrected chi connectivity index (χ4v) is 2.92. The van der Waals surface area contributed by atoms with Crippen LogP contribution in [0.5, 0.6) is 0 Å². The number of nitrogens with one attached hydrogen (secondary N) is 1. The van der Waals surface area contributed by atoms with E-state index in [4.69, 9.17) is 9.47 Å². The van der Waals surface area contributed by atoms with Crippen LogP contribution in [0.2, 0.25) is 0 Å². The highest BCUT2D eigenvalue weighted by molar-refractivity contribution is 5.89. The molecule has 0 atom stereocenters. The smallest absolute Gasteiger partial charge is 0.321 e. The van der Waals surface area contributed by atoms with Gasteiger partial charge in [0.2, 0.25) is 0 Å². The molecule has 0 aromatic heterocycles. The second-order valence-corrected chi connectivity index (χ2v) is 5.67. The highest BCUT2D eigenvalue weighted by Gasteiger charge is 2.31. The molecule has 1 aromatic carbocycles. The average Bonchev–Trinajstić information content (AvgIpc) is 3.09. The first-order valence-electron chi connectivity index (χ1n) is 7.67. The maximum Gasteiger partial charge on any atom is 0.321 e. The van der Waals surface area contributed by atoms with Crippen LogP contribution in [-0.4, -0.2) is 48.4 Å². The van der Waals surface area contributed by atoms with Gasteiger partial charge in [0.15, 0.2) is 6.29 Å². The van der Waals surface area contributed by atoms with Crippen LogP contribution in [0.15, 0.2) is 24.3 Å². The van der Waals surface area contributed by atoms with Crippen molar-refractivity contribution in [2.75, 3.05) is 31.6 Å². The Morgan fingerprint density at radius 2 is 1.96 bits per heavy atom. The molecular formula is C15H19N3O5. The Bertz CT molecular complexity index is 580. The Labute approximate surface area is 133 Å². The molecule has 1 N–H and O–H groups in total. The summed E-state index contributed by atoms with van der Waals surface area (Å²) in [6.07, 6.45) is 1.51. The normalized spacial score (nSPS) is 19.7. The average molecular weight is 321 g/mol. The number of piperidine rings is 1. The molecule has 8 nitrogen and oxygen atoms in total. The van der Waals surface area contributed by atoms with Gasteiger partial charge in [0, 0.05) is 36.8 Å². The lowest BCUT2D eigenvalue weighted by molar-refractivity contribution is -0.384. The molecule has 0 unspecified atom stereocenters. The van der Waals surface area contributed by atoms with Crippen molar-refractivity contribution < 1.29 is 19.2 Å². The van der Waals surface area contributed by atoms with E-state index in [9.17, 15) is 14.9 Å². The van der Waals surface area contributed by atoms with Crippen molar-refractivity contribution in [2.45, 2.75) is 19.1 Å². The molecule has 8 heteroatoms. The van der Waals surface area contributed by atoms with Gasteiger partial charge in [0.1, 0.15) is 0 Å². The van der Waals surface area contributed by atoms with Crippen LogP contribution >= 0.6 is 0 Å². The minimum atomic E-state index is -0.483. The van der Waals surface area contributed by atoms with Crippen molar-refractivity contribution in [3.63, 3.8) is 0 Å². The summed E-state index contributed by atoms with van der Waals surface area (Å²) < 4.78 is 11.0. The number of carbonyl (C=O) groups excluding carboxylic acids is 1. The van der Waals surface area contributed by atoms with E-state index in [1.54, 1.807) is 17.0 Å². The largest absolute Gasteiger partial charge is 0.350 e. The highest BCUT2D eigenvalue weighted by Crippen LogP contribution is 2.26. The summed E-state index contributed by atoms with van der Waals surface area (Å²) in [7, 11) is 0. The summed E-state index contributed by atoms with van der Waals surface area (Å²) in [5, 5.41) is 13.5. The predicted molar refractivity (Wildman–Crippen MR) is 82.1 cm³/mol. The number of nitrogens with zero attached hydrogens (tertiary/aromatic N) is 2. The number of anilines is 1. The van der Waals surface area contributed by atoms with Gasteiger partial charge >= 0.3 is 6.03 Å². The fourth-order valence-electron chi connectivity index (χ4n) is 2.92. The van der Waals surface area contributed by atoms with Crippen molar-refractivity contribution >= 4 is 17.4 Å². The standard InChI is InChI=1S/C15H19N3O5/c19-15(16-12-2-1-3-13(10-12)18(20)21)17-6-4-11(5-7-17)14-22-8-9-23-14/h1-3,10-11,14H,4-9H2,(H,16,19). The van der Waals surface area contributed by atoms with Crippen LogP contribution in [0.1, 0.15) is 12.8 Å². The fraction of sp³-hybridized carbons (Fsp3) is 0.533. The predicted octanol–water partition coefficient (Wildman–Crippen LogP) is 2.21. The number of benzene rings is 1. The van der Waals surface area contributed by atoms with Crippen LogP contribution in [0.25, 0.3) is 0 Å². The van der Waals surface area contributed by atoms with Crippen LogP contribution in [0.3, 0.4) is 0 Å². The molecule has 3 rings (SSSR count). The maximum atomic E-state index is 12.3. The van der Waals surface area contributed by atoms with Crippen molar-refractivity contribution in [3.05, 3.63) is 34.4 Å². The Balaban J connectivity index is 1.53. The number of nitro groups is 1. The second-order valence-electron chi connectivity index (χ2n) is 5.67. The number of nitro benzene ring substituents is 1. The van der Waals surface area contributed by atoms with E-state index in [-0.39, 0.29) is 18.0 Å². The number of ether oxygens (including phenoxy) is 2. The van der Waals surface area contributed by atoms with E-state index < -0.39 is 4.92 Å². The number of carbonyl (C=O) groups is 1. The molecule has 1 aromatic rings. The van der Waals surface area contributed by atoms with Gasteiger partial charge in [-0.1, -0.05) is 6.07 Å². The van der Waals surface area contributed by atoms with Crippen molar-refractivity contribution in [1.82, 2.24) is 4.90 Å². The molecule has 2 aliphatic rings. The van der Waals surface area contributed by atoms with Crippen LogP contribution < -0.4 is 5.32 Å². The zero-order valence-electron chi connectivity index (χ0n) is 12.6. The molecule has 23 heavy (non-hydrogen) atoms. The van der Waals surface area contributed by atoms with Gasteiger partial charge < -0.3 is 19.7 Å². The first-order valence-corrected chi connectivity index (χ1v) is 7.67. The van der Waals surface area contributed by atoms with Crippen LogP contribution in [0.4, 0.5) is 16.2 Å². The number of rotatable bonds is 3. The molecule has 124 valence electrons. The Hall–Kier alpha value is -2.19. The molecule has 2 aliphatic heterocycles. The number of hydrogen-bond donors (Lipinski definition) is 1. The van der Waals surface area contributed by atoms with Gasteiger partial charge in [-0.25, -0.2) is 4.79 Å². The maximum absolute atomic E-state index is 12.3. The second kappa shape index (κ2) is 6.93. The van der Waals surface area contributed by atoms with E-state index in [1.165, 1.54) is 12.1 Å². The quantitative estimate of drug-likeness (QED) is 0.680. The van der Waals surface area contributed by atoms with Gasteiger partial charge in [-0.05, 0) is 18.9 Å². The van der Waals surface area contributed by atoms with Crippen molar-refractivity contribution in [1.29, 1.82) is 0 Å². The summed E-state index contributed by atoms with van der Waals surface area (Å²) in [4.78, 5) is 24.2. The first-order chi connectivity index (χ1) is 11.1. The van der Waals surface area contributed by atoms with E-state index in [2.05, 4.69) is 5.32 Å². The number of likely N-dealkylation sites (tertiary alicyclic amines) is 1. The van der Waals surface area contributed by atoms with Crippen LogP contribution in [-0.2, 0) is 9.47 Å². The monoisotopic (exact) mass is 321 g/mol. The minimum absolute atomic E-state index is 0.0444. The van der Waals surface area contributed by atoms with Gasteiger partial charge in [-0.3, -0.25) is 10.1 Å². The van der Waals surface area contributed by atoms with E-state index >= 15 is 0 Å².